The van der Waals surface area contributed by atoms with Crippen molar-refractivity contribution in [1.82, 2.24) is 0 Å². The molecule has 0 unspecified atom stereocenters. The van der Waals surface area contributed by atoms with E-state index in [1.807, 2.05) is 0 Å². The first-order valence-corrected chi connectivity index (χ1v) is 80.9. The minimum Gasteiger partial charge on any atom is -1.00 e. The van der Waals surface area contributed by atoms with Crippen LogP contribution in [0.4, 0.5) is 0 Å². The van der Waals surface area contributed by atoms with Crippen molar-refractivity contribution in [3.05, 3.63) is 57.6 Å². The Balaban J connectivity index is -0.00000141. The molecule has 0 atom stereocenters. The van der Waals surface area contributed by atoms with E-state index in [0.717, 1.165) is 20.7 Å². The molecule has 19 heteroatoms. The second kappa shape index (κ2) is 27.2. The summed E-state index contributed by atoms with van der Waals surface area (Å²) in [7, 11) is -12.5. The van der Waals surface area contributed by atoms with Crippen LogP contribution in [0.5, 0.6) is 0 Å². The van der Waals surface area contributed by atoms with E-state index in [4.69, 9.17) is 0 Å². The summed E-state index contributed by atoms with van der Waals surface area (Å²) in [6.45, 7) is 112. The van der Waals surface area contributed by atoms with E-state index in [2.05, 4.69) is 318 Å². The van der Waals surface area contributed by atoms with Crippen LogP contribution in [0.15, 0.2) is 24.3 Å². The summed E-state index contributed by atoms with van der Waals surface area (Å²) in [6.07, 6.45) is 0. The minimum absolute atomic E-state index is 0. The van der Waals surface area contributed by atoms with Gasteiger partial charge in [-0.25, -0.2) is 10.6 Å². The number of benzene rings is 2. The van der Waals surface area contributed by atoms with Crippen molar-refractivity contribution in [2.45, 2.75) is 304 Å². The largest absolute Gasteiger partial charge is 4.00 e. The number of hydrogen-bond donors (Lipinski definition) is 0. The molecule has 0 N–H and O–H groups in total. The Morgan fingerprint density at radius 2 is 0.342 bits per heavy atom. The normalized spacial score (nSPS) is 15.0. The predicted octanol–water partition coefficient (Wildman–Crippen LogP) is 16.0. The molecule has 0 fully saturated rings. The average Bonchev–Trinajstić information content (AvgIpc) is 3.00. The van der Waals surface area contributed by atoms with Gasteiger partial charge in [-0.3, -0.25) is 0 Å². The third-order valence-corrected chi connectivity index (χ3v) is 98.7. The van der Waals surface area contributed by atoms with Crippen LogP contribution >= 0.6 is 18.5 Å². The van der Waals surface area contributed by atoms with E-state index in [0.29, 0.717) is 8.57 Å². The Bertz CT molecular complexity index is 1920. The van der Waals surface area contributed by atoms with Crippen molar-refractivity contribution in [2.24, 2.45) is 0 Å². The molecule has 0 radical (unpaired) electrons. The summed E-state index contributed by atoms with van der Waals surface area (Å²) in [5, 5.41) is 5.99. The molecule has 2 aromatic carbocycles. The monoisotopic (exact) mass is 1580 g/mol. The van der Waals surface area contributed by atoms with Crippen LogP contribution < -0.4 is 35.4 Å². The topological polar surface area (TPSA) is 0 Å². The van der Waals surface area contributed by atoms with Crippen molar-refractivity contribution < 1.29 is 45.9 Å². The maximum Gasteiger partial charge on any atom is 4.00 e. The van der Waals surface area contributed by atoms with Crippen molar-refractivity contribution >= 4 is 142 Å². The Hall–Kier alpha value is 3.60. The van der Waals surface area contributed by atoms with E-state index in [9.17, 15) is 0 Å². The van der Waals surface area contributed by atoms with Crippen LogP contribution in [-0.2, 0) is 29.6 Å². The van der Waals surface area contributed by atoms with Gasteiger partial charge in [0.25, 0.3) is 0 Å². The summed E-state index contributed by atoms with van der Waals surface area (Å²) in [4.78, 5) is 0. The van der Waals surface area contributed by atoms with Crippen molar-refractivity contribution in [2.75, 3.05) is 0 Å². The number of hydrogen-bond acceptors (Lipinski definition) is 0. The first-order valence-electron chi connectivity index (χ1n) is 30.3. The van der Waals surface area contributed by atoms with Gasteiger partial charge in [0.1, 0.15) is 0 Å². The van der Waals surface area contributed by atoms with Gasteiger partial charge in [0.15, 0.2) is 0 Å². The average molecular weight is 1580 g/mol. The van der Waals surface area contributed by atoms with Crippen LogP contribution in [0.3, 0.4) is 0 Å². The molecule has 0 saturated heterocycles. The summed E-state index contributed by atoms with van der Waals surface area (Å²) in [5.74, 6) is 0. The molecule has 2 aromatic rings. The standard InChI is InChI=1S/2C30H68PSi7.2ClH.Pt/c2*1-32(2,3)28(33(4,5)6)25-22-24(30(36(13,14)15,37(16,17)18)38(19,20)21)23-26(27(25)31)29(34(7,8)9)35(10,11)12;;;/h2*22-23,28-29,31H,1-21H3;2*1H;/q2*-1;;;+4/p-2. The van der Waals surface area contributed by atoms with Crippen molar-refractivity contribution in [3.8, 4) is 0 Å². The fourth-order valence-corrected chi connectivity index (χ4v) is 134. The summed E-state index contributed by atoms with van der Waals surface area (Å²) >= 11 is 0. The van der Waals surface area contributed by atoms with Gasteiger partial charge in [-0.2, -0.15) is 0 Å². The number of halogens is 2. The third kappa shape index (κ3) is 18.9. The quantitative estimate of drug-likeness (QED) is 0.0916. The Morgan fingerprint density at radius 3 is 0.418 bits per heavy atom. The zero-order valence-electron chi connectivity index (χ0n) is 60.7. The summed E-state index contributed by atoms with van der Waals surface area (Å²) in [6, 6.07) is 11.4. The molecular formula is C60H136Cl2P2PtSi14. The van der Waals surface area contributed by atoms with E-state index in [1.54, 1.807) is 33.4 Å². The molecule has 0 spiro atoms. The van der Waals surface area contributed by atoms with E-state index < -0.39 is 113 Å². The third-order valence-electron chi connectivity index (χ3n) is 18.2. The van der Waals surface area contributed by atoms with Crippen LogP contribution in [0.1, 0.15) is 54.0 Å². The molecule has 0 aliphatic carbocycles. The van der Waals surface area contributed by atoms with Gasteiger partial charge in [-0.15, -0.1) is 0 Å². The minimum atomic E-state index is -1.61. The molecule has 2 rings (SSSR count). The van der Waals surface area contributed by atoms with E-state index in [-0.39, 0.29) is 45.9 Å². The molecule has 0 saturated carbocycles. The van der Waals surface area contributed by atoms with E-state index >= 15 is 0 Å². The molecule has 466 valence electrons. The van der Waals surface area contributed by atoms with Crippen LogP contribution in [0.2, 0.25) is 275 Å². The van der Waals surface area contributed by atoms with Gasteiger partial charge in [0, 0.05) is 113 Å². The fourth-order valence-electron chi connectivity index (χ4n) is 21.0. The first kappa shape index (κ1) is 86.8. The maximum atomic E-state index is 4.50. The molecule has 0 aliphatic heterocycles. The Kier molecular flexibility index (Phi) is 29.9. The zero-order valence-corrected chi connectivity index (χ0v) is 80.5. The van der Waals surface area contributed by atoms with Gasteiger partial charge in [0.2, 0.25) is 0 Å². The maximum absolute atomic E-state index is 4.50. The molecule has 0 aliphatic rings. The smallest absolute Gasteiger partial charge is 1.00 e. The Morgan fingerprint density at radius 1 is 0.241 bits per heavy atom. The molecule has 79 heavy (non-hydrogen) atoms. The Labute approximate surface area is 544 Å². The van der Waals surface area contributed by atoms with Gasteiger partial charge >= 0.3 is 21.1 Å². The molecular weight excluding hydrogens is 1440 g/mol. The van der Waals surface area contributed by atoms with Crippen molar-refractivity contribution in [1.29, 1.82) is 0 Å². The van der Waals surface area contributed by atoms with Gasteiger partial charge in [-0.1, -0.05) is 321 Å². The van der Waals surface area contributed by atoms with Gasteiger partial charge < -0.3 is 43.3 Å². The van der Waals surface area contributed by atoms with Crippen LogP contribution in [0.25, 0.3) is 0 Å². The van der Waals surface area contributed by atoms with Gasteiger partial charge in [0.05, 0.1) is 0 Å². The summed E-state index contributed by atoms with van der Waals surface area (Å²) < 4.78 is 0.812. The van der Waals surface area contributed by atoms with E-state index in [1.165, 1.54) is 10.6 Å². The summed E-state index contributed by atoms with van der Waals surface area (Å²) in [5.41, 5.74) is 10.4. The zero-order chi connectivity index (χ0) is 61.8. The first-order chi connectivity index (χ1) is 32.5. The van der Waals surface area contributed by atoms with Gasteiger partial charge in [-0.05, 0) is 40.4 Å². The fraction of sp³-hybridized carbons (Fsp3) is 0.800. The number of rotatable bonds is 20. The molecule has 0 bridgehead atoms. The molecule has 0 heterocycles. The SMILES string of the molecule is C[Si](C)(C)C(c1cc(C([Si](C)(C)C)([Si](C)(C)C)[Si](C)(C)C)cc(C([Si](C)(C)C)[Si](C)(C)C)c1[PH-])[Si](C)(C)C.C[Si](C)(C)C(c1cc(C([Si](C)(C)C)([Si](C)(C)C)[Si](C)(C)C)cc(C([Si](C)(C)C)[Si](C)(C)C)c1[PH-])[Si](C)(C)C.[Cl-].[Cl-].[Pt+4]. The van der Waals surface area contributed by atoms with Crippen molar-refractivity contribution in [3.63, 3.8) is 0 Å². The second-order valence-corrected chi connectivity index (χ2v) is 120. The molecule has 0 amide bonds. The van der Waals surface area contributed by atoms with Crippen LogP contribution in [-0.4, -0.2) is 113 Å². The predicted molar refractivity (Wildman–Crippen MR) is 410 cm³/mol. The molecule has 0 nitrogen and oxygen atoms in total. The molecule has 0 aromatic heterocycles. The van der Waals surface area contributed by atoms with Crippen LogP contribution in [0, 0.1) is 0 Å². The second-order valence-electron chi connectivity index (χ2n) is 39.7.